The summed E-state index contributed by atoms with van der Waals surface area (Å²) in [4.78, 5) is 12.2. The van der Waals surface area contributed by atoms with Crippen LogP contribution in [0.5, 0.6) is 0 Å². The van der Waals surface area contributed by atoms with Crippen molar-refractivity contribution >= 4 is 11.7 Å². The van der Waals surface area contributed by atoms with Crippen molar-refractivity contribution in [2.24, 2.45) is 16.7 Å². The van der Waals surface area contributed by atoms with Crippen molar-refractivity contribution in [3.63, 3.8) is 0 Å². The quantitative estimate of drug-likeness (QED) is 0.828. The molecule has 1 amide bonds. The van der Waals surface area contributed by atoms with Gasteiger partial charge in [-0.15, -0.1) is 0 Å². The van der Waals surface area contributed by atoms with Crippen LogP contribution in [0.3, 0.4) is 0 Å². The fraction of sp³-hybridized carbons (Fsp3) is 0.692. The summed E-state index contributed by atoms with van der Waals surface area (Å²) < 4.78 is 0. The summed E-state index contributed by atoms with van der Waals surface area (Å²) >= 11 is 0. The Morgan fingerprint density at radius 1 is 1.24 bits per heavy atom. The van der Waals surface area contributed by atoms with Gasteiger partial charge in [-0.3, -0.25) is 9.89 Å². The number of amides is 1. The van der Waals surface area contributed by atoms with E-state index >= 15 is 0 Å². The summed E-state index contributed by atoms with van der Waals surface area (Å²) in [5.41, 5.74) is 2.14. The van der Waals surface area contributed by atoms with Crippen molar-refractivity contribution < 1.29 is 4.79 Å². The third kappa shape index (κ3) is 1.58. The highest BCUT2D eigenvalue weighted by Gasteiger charge is 2.68. The number of hydrogen-bond acceptors (Lipinski definition) is 2. The molecule has 0 saturated heterocycles. The molecule has 0 bridgehead atoms. The van der Waals surface area contributed by atoms with E-state index < -0.39 is 0 Å². The first-order valence-electron chi connectivity index (χ1n) is 6.02. The van der Waals surface area contributed by atoms with Gasteiger partial charge in [0.1, 0.15) is 0 Å². The van der Waals surface area contributed by atoms with Crippen LogP contribution in [0.2, 0.25) is 0 Å². The Kier molecular flexibility index (Phi) is 2.39. The fourth-order valence-electron chi connectivity index (χ4n) is 2.65. The zero-order valence-corrected chi connectivity index (χ0v) is 11.4. The molecular formula is C13H21N3O. The Bertz CT molecular complexity index is 457. The number of aromatic amines is 1. The third-order valence-corrected chi connectivity index (χ3v) is 4.78. The number of H-pyrrole nitrogens is 1. The van der Waals surface area contributed by atoms with Crippen LogP contribution in [0, 0.1) is 30.6 Å². The van der Waals surface area contributed by atoms with Gasteiger partial charge < -0.3 is 5.32 Å². The fourth-order valence-corrected chi connectivity index (χ4v) is 2.65. The number of rotatable bonds is 2. The van der Waals surface area contributed by atoms with E-state index in [9.17, 15) is 4.79 Å². The monoisotopic (exact) mass is 235 g/mol. The van der Waals surface area contributed by atoms with Gasteiger partial charge in [-0.1, -0.05) is 27.7 Å². The predicted octanol–water partition coefficient (Wildman–Crippen LogP) is 2.65. The lowest BCUT2D eigenvalue weighted by Crippen LogP contribution is -2.18. The topological polar surface area (TPSA) is 57.8 Å². The molecule has 17 heavy (non-hydrogen) atoms. The molecule has 0 spiro atoms. The number of nitrogens with one attached hydrogen (secondary N) is 2. The molecule has 1 aromatic heterocycles. The second-order valence-electron chi connectivity index (χ2n) is 6.19. The van der Waals surface area contributed by atoms with Crippen LogP contribution >= 0.6 is 0 Å². The van der Waals surface area contributed by atoms with Crippen LogP contribution in [0.15, 0.2) is 0 Å². The average molecular weight is 235 g/mol. The van der Waals surface area contributed by atoms with Gasteiger partial charge in [-0.25, -0.2) is 0 Å². The van der Waals surface area contributed by atoms with Gasteiger partial charge in [0.05, 0.1) is 0 Å². The number of nitrogens with zero attached hydrogens (tertiary/aromatic N) is 1. The van der Waals surface area contributed by atoms with Crippen molar-refractivity contribution in [2.75, 3.05) is 5.32 Å². The second-order valence-corrected chi connectivity index (χ2v) is 6.19. The molecular weight excluding hydrogens is 214 g/mol. The van der Waals surface area contributed by atoms with Crippen LogP contribution in [0.25, 0.3) is 0 Å². The van der Waals surface area contributed by atoms with Gasteiger partial charge in [-0.2, -0.15) is 5.10 Å². The third-order valence-electron chi connectivity index (χ3n) is 4.78. The van der Waals surface area contributed by atoms with Gasteiger partial charge in [-0.05, 0) is 24.7 Å². The van der Waals surface area contributed by atoms with Crippen molar-refractivity contribution in [1.82, 2.24) is 10.2 Å². The summed E-state index contributed by atoms with van der Waals surface area (Å²) in [5.74, 6) is 0.798. The zero-order valence-electron chi connectivity index (χ0n) is 11.4. The van der Waals surface area contributed by atoms with Crippen LogP contribution in [0.1, 0.15) is 39.0 Å². The normalized spacial score (nSPS) is 21.3. The molecule has 0 radical (unpaired) electrons. The van der Waals surface area contributed by atoms with Gasteiger partial charge in [0, 0.05) is 17.2 Å². The highest BCUT2D eigenvalue weighted by molar-refractivity contribution is 5.95. The Labute approximate surface area is 102 Å². The highest BCUT2D eigenvalue weighted by Crippen LogP contribution is 2.68. The van der Waals surface area contributed by atoms with Crippen molar-refractivity contribution in [1.29, 1.82) is 0 Å². The molecule has 94 valence electrons. The largest absolute Gasteiger partial charge is 0.309 e. The molecule has 1 aliphatic rings. The first kappa shape index (κ1) is 12.1. The van der Waals surface area contributed by atoms with E-state index in [1.54, 1.807) is 0 Å². The zero-order chi connectivity index (χ0) is 13.0. The van der Waals surface area contributed by atoms with Crippen LogP contribution in [-0.2, 0) is 4.79 Å². The molecule has 2 N–H and O–H groups in total. The van der Waals surface area contributed by atoms with E-state index in [0.717, 1.165) is 11.3 Å². The van der Waals surface area contributed by atoms with Crippen LogP contribution < -0.4 is 5.32 Å². The molecule has 1 saturated carbocycles. The SMILES string of the molecule is Cc1[nH]nc(NC(=O)C2C(C)(C)C2(C)C)c1C. The molecule has 1 aliphatic carbocycles. The van der Waals surface area contributed by atoms with Crippen LogP contribution in [0.4, 0.5) is 5.82 Å². The lowest BCUT2D eigenvalue weighted by atomic mass is 10.0. The van der Waals surface area contributed by atoms with Gasteiger partial charge in [0.15, 0.2) is 5.82 Å². The van der Waals surface area contributed by atoms with Crippen molar-refractivity contribution in [3.05, 3.63) is 11.3 Å². The average Bonchev–Trinajstić information content (AvgIpc) is 2.46. The van der Waals surface area contributed by atoms with E-state index in [2.05, 4.69) is 43.2 Å². The predicted molar refractivity (Wildman–Crippen MR) is 67.7 cm³/mol. The first-order valence-corrected chi connectivity index (χ1v) is 6.02. The van der Waals surface area contributed by atoms with Gasteiger partial charge in [0.25, 0.3) is 0 Å². The number of hydrogen-bond donors (Lipinski definition) is 2. The van der Waals surface area contributed by atoms with E-state index in [0.29, 0.717) is 5.82 Å². The Morgan fingerprint density at radius 3 is 2.12 bits per heavy atom. The van der Waals surface area contributed by atoms with Gasteiger partial charge in [0.2, 0.25) is 5.91 Å². The molecule has 0 aromatic carbocycles. The van der Waals surface area contributed by atoms with E-state index in [1.165, 1.54) is 0 Å². The highest BCUT2D eigenvalue weighted by atomic mass is 16.2. The summed E-state index contributed by atoms with van der Waals surface area (Å²) in [5, 5.41) is 9.91. The molecule has 4 nitrogen and oxygen atoms in total. The maximum Gasteiger partial charge on any atom is 0.229 e. The molecule has 1 aromatic rings. The Morgan fingerprint density at radius 2 is 1.76 bits per heavy atom. The minimum Gasteiger partial charge on any atom is -0.309 e. The Hall–Kier alpha value is -1.32. The molecule has 1 heterocycles. The molecule has 2 rings (SSSR count). The van der Waals surface area contributed by atoms with Crippen molar-refractivity contribution in [3.8, 4) is 0 Å². The van der Waals surface area contributed by atoms with E-state index in [4.69, 9.17) is 0 Å². The smallest absolute Gasteiger partial charge is 0.229 e. The van der Waals surface area contributed by atoms with Gasteiger partial charge >= 0.3 is 0 Å². The minimum atomic E-state index is 0.0615. The summed E-state index contributed by atoms with van der Waals surface area (Å²) in [6.45, 7) is 12.5. The Balaban J connectivity index is 2.13. The number of carbonyl (C=O) groups is 1. The van der Waals surface area contributed by atoms with Crippen molar-refractivity contribution in [2.45, 2.75) is 41.5 Å². The summed E-state index contributed by atoms with van der Waals surface area (Å²) in [7, 11) is 0. The number of anilines is 1. The summed E-state index contributed by atoms with van der Waals surface area (Å²) in [6, 6.07) is 0. The molecule has 1 fully saturated rings. The molecule has 0 atom stereocenters. The maximum absolute atomic E-state index is 12.2. The number of carbonyl (C=O) groups excluding carboxylic acids is 1. The standard InChI is InChI=1S/C13H21N3O/c1-7-8(2)15-16-10(7)14-11(17)9-12(3,4)13(9,5)6/h9H,1-6H3,(H2,14,15,16,17). The lowest BCUT2D eigenvalue weighted by Gasteiger charge is -2.04. The molecule has 0 unspecified atom stereocenters. The maximum atomic E-state index is 12.2. The molecule has 4 heteroatoms. The second kappa shape index (κ2) is 3.34. The number of aryl methyl sites for hydroxylation is 1. The van der Waals surface area contributed by atoms with E-state index in [1.807, 2.05) is 13.8 Å². The lowest BCUT2D eigenvalue weighted by molar-refractivity contribution is -0.118. The molecule has 0 aliphatic heterocycles. The minimum absolute atomic E-state index is 0.0615. The van der Waals surface area contributed by atoms with E-state index in [-0.39, 0.29) is 22.7 Å². The van der Waals surface area contributed by atoms with Crippen LogP contribution in [-0.4, -0.2) is 16.1 Å². The number of aromatic nitrogens is 2. The summed E-state index contributed by atoms with van der Waals surface area (Å²) in [6.07, 6.45) is 0. The first-order chi connectivity index (χ1) is 7.69.